The molecule has 0 bridgehead atoms. The molecule has 1 fully saturated rings. The van der Waals surface area contributed by atoms with Crippen molar-refractivity contribution in [3.05, 3.63) is 0 Å². The average molecular weight is 256 g/mol. The lowest BCUT2D eigenvalue weighted by atomic mass is 10.0. The van der Waals surface area contributed by atoms with Crippen molar-refractivity contribution in [2.45, 2.75) is 51.5 Å². The Balaban J connectivity index is 2.17. The molecule has 0 saturated carbocycles. The molecule has 1 aliphatic rings. The van der Waals surface area contributed by atoms with E-state index in [0.29, 0.717) is 18.9 Å². The highest BCUT2D eigenvalue weighted by molar-refractivity contribution is 5.76. The van der Waals surface area contributed by atoms with Crippen LogP contribution >= 0.6 is 0 Å². The summed E-state index contributed by atoms with van der Waals surface area (Å²) < 4.78 is 5.16. The van der Waals surface area contributed by atoms with Gasteiger partial charge in [-0.2, -0.15) is 0 Å². The maximum atomic E-state index is 11.9. The minimum atomic E-state index is 0.181. The number of carbonyl (C=O) groups is 1. The molecule has 0 aromatic rings. The highest BCUT2D eigenvalue weighted by Gasteiger charge is 2.17. The molecule has 4 heteroatoms. The normalized spacial score (nSPS) is 20.9. The highest BCUT2D eigenvalue weighted by Crippen LogP contribution is 2.14. The molecule has 1 amide bonds. The van der Waals surface area contributed by atoms with Crippen molar-refractivity contribution >= 4 is 5.91 Å². The summed E-state index contributed by atoms with van der Waals surface area (Å²) in [5.41, 5.74) is 0. The van der Waals surface area contributed by atoms with Crippen molar-refractivity contribution in [1.82, 2.24) is 10.6 Å². The van der Waals surface area contributed by atoms with Crippen molar-refractivity contribution in [1.29, 1.82) is 0 Å². The molecule has 18 heavy (non-hydrogen) atoms. The second-order valence-electron chi connectivity index (χ2n) is 5.26. The van der Waals surface area contributed by atoms with E-state index in [9.17, 15) is 4.79 Å². The van der Waals surface area contributed by atoms with E-state index in [1.807, 2.05) is 0 Å². The van der Waals surface area contributed by atoms with Crippen LogP contribution < -0.4 is 10.6 Å². The Hall–Kier alpha value is -0.610. The Morgan fingerprint density at radius 1 is 1.56 bits per heavy atom. The molecule has 0 aromatic heterocycles. The second kappa shape index (κ2) is 9.34. The van der Waals surface area contributed by atoms with Crippen molar-refractivity contribution in [3.8, 4) is 0 Å². The van der Waals surface area contributed by atoms with Crippen LogP contribution in [0, 0.1) is 5.92 Å². The smallest absolute Gasteiger partial charge is 0.220 e. The van der Waals surface area contributed by atoms with Gasteiger partial charge in [-0.1, -0.05) is 19.8 Å². The topological polar surface area (TPSA) is 50.4 Å². The maximum Gasteiger partial charge on any atom is 0.220 e. The van der Waals surface area contributed by atoms with Crippen LogP contribution in [-0.2, 0) is 9.53 Å². The zero-order valence-electron chi connectivity index (χ0n) is 11.8. The van der Waals surface area contributed by atoms with Gasteiger partial charge in [-0.3, -0.25) is 4.79 Å². The number of carbonyl (C=O) groups excluding carboxylic acids is 1. The van der Waals surface area contributed by atoms with Gasteiger partial charge < -0.3 is 15.4 Å². The molecule has 0 aromatic carbocycles. The Bertz CT molecular complexity index is 228. The predicted octanol–water partition coefficient (Wildman–Crippen LogP) is 1.70. The van der Waals surface area contributed by atoms with E-state index in [-0.39, 0.29) is 11.9 Å². The minimum Gasteiger partial charge on any atom is -0.383 e. The van der Waals surface area contributed by atoms with E-state index >= 15 is 0 Å². The molecular formula is C14H28N2O2. The molecular weight excluding hydrogens is 228 g/mol. The summed E-state index contributed by atoms with van der Waals surface area (Å²) in [4.78, 5) is 11.9. The lowest BCUT2D eigenvalue weighted by Gasteiger charge is -2.18. The van der Waals surface area contributed by atoms with E-state index in [0.717, 1.165) is 38.8 Å². The number of hydrogen-bond donors (Lipinski definition) is 2. The van der Waals surface area contributed by atoms with Gasteiger partial charge in [0.1, 0.15) is 0 Å². The van der Waals surface area contributed by atoms with Gasteiger partial charge in [0.25, 0.3) is 0 Å². The maximum absolute atomic E-state index is 11.9. The van der Waals surface area contributed by atoms with E-state index in [4.69, 9.17) is 4.74 Å². The van der Waals surface area contributed by atoms with Crippen LogP contribution in [0.1, 0.15) is 45.4 Å². The van der Waals surface area contributed by atoms with Gasteiger partial charge in [0.15, 0.2) is 0 Å². The first-order chi connectivity index (χ1) is 8.76. The van der Waals surface area contributed by atoms with E-state index < -0.39 is 0 Å². The lowest BCUT2D eigenvalue weighted by Crippen LogP contribution is -2.38. The van der Waals surface area contributed by atoms with Crippen molar-refractivity contribution in [2.24, 2.45) is 5.92 Å². The summed E-state index contributed by atoms with van der Waals surface area (Å²) in [5, 5.41) is 6.43. The zero-order chi connectivity index (χ0) is 13.2. The third-order valence-corrected chi connectivity index (χ3v) is 3.58. The lowest BCUT2D eigenvalue weighted by molar-refractivity contribution is -0.122. The number of unbranched alkanes of at least 4 members (excludes halogenated alkanes) is 1. The number of ether oxygens (including phenoxy) is 1. The van der Waals surface area contributed by atoms with Crippen molar-refractivity contribution in [2.75, 3.05) is 26.8 Å². The number of amides is 1. The summed E-state index contributed by atoms with van der Waals surface area (Å²) in [6.45, 7) is 4.97. The van der Waals surface area contributed by atoms with Crippen LogP contribution in [-0.4, -0.2) is 38.8 Å². The Labute approximate surface area is 111 Å². The van der Waals surface area contributed by atoms with E-state index in [1.165, 1.54) is 6.42 Å². The van der Waals surface area contributed by atoms with Crippen LogP contribution in [0.3, 0.4) is 0 Å². The third-order valence-electron chi connectivity index (χ3n) is 3.58. The quantitative estimate of drug-likeness (QED) is 0.660. The molecule has 0 spiro atoms. The largest absolute Gasteiger partial charge is 0.383 e. The van der Waals surface area contributed by atoms with Gasteiger partial charge in [0.05, 0.1) is 12.6 Å². The minimum absolute atomic E-state index is 0.181. The Morgan fingerprint density at radius 2 is 2.39 bits per heavy atom. The molecule has 2 atom stereocenters. The fourth-order valence-electron chi connectivity index (χ4n) is 2.44. The molecule has 2 unspecified atom stereocenters. The summed E-state index contributed by atoms with van der Waals surface area (Å²) in [5.74, 6) is 0.868. The molecule has 0 aliphatic carbocycles. The first kappa shape index (κ1) is 15.4. The number of methoxy groups -OCH3 is 1. The molecule has 2 N–H and O–H groups in total. The van der Waals surface area contributed by atoms with Crippen LogP contribution in [0.15, 0.2) is 0 Å². The van der Waals surface area contributed by atoms with Crippen LogP contribution in [0.25, 0.3) is 0 Å². The van der Waals surface area contributed by atoms with Crippen LogP contribution in [0.5, 0.6) is 0 Å². The molecule has 1 aliphatic heterocycles. The molecule has 106 valence electrons. The van der Waals surface area contributed by atoms with Crippen LogP contribution in [0.4, 0.5) is 0 Å². The summed E-state index contributed by atoms with van der Waals surface area (Å²) in [6, 6.07) is 0.184. The summed E-state index contributed by atoms with van der Waals surface area (Å²) in [7, 11) is 1.69. The first-order valence-electron chi connectivity index (χ1n) is 7.25. The Kier molecular flexibility index (Phi) is 8.01. The zero-order valence-corrected chi connectivity index (χ0v) is 11.8. The molecule has 1 rings (SSSR count). The van der Waals surface area contributed by atoms with E-state index in [1.54, 1.807) is 7.11 Å². The molecule has 0 radical (unpaired) electrons. The SMILES string of the molecule is CCCCC(COC)NC(=O)CCC1CCNC1. The first-order valence-corrected chi connectivity index (χ1v) is 7.25. The predicted molar refractivity (Wildman–Crippen MR) is 73.5 cm³/mol. The standard InChI is InChI=1S/C14H28N2O2/c1-3-4-5-13(11-18-2)16-14(17)7-6-12-8-9-15-10-12/h12-13,15H,3-11H2,1-2H3,(H,16,17). The third kappa shape index (κ3) is 6.36. The molecule has 1 saturated heterocycles. The van der Waals surface area contributed by atoms with Crippen molar-refractivity contribution < 1.29 is 9.53 Å². The fraction of sp³-hybridized carbons (Fsp3) is 0.929. The van der Waals surface area contributed by atoms with Gasteiger partial charge in [-0.15, -0.1) is 0 Å². The highest BCUT2D eigenvalue weighted by atomic mass is 16.5. The fourth-order valence-corrected chi connectivity index (χ4v) is 2.44. The van der Waals surface area contributed by atoms with Gasteiger partial charge in [0.2, 0.25) is 5.91 Å². The average Bonchev–Trinajstić information content (AvgIpc) is 2.87. The number of nitrogens with one attached hydrogen (secondary N) is 2. The molecule has 4 nitrogen and oxygen atoms in total. The monoisotopic (exact) mass is 256 g/mol. The van der Waals surface area contributed by atoms with Crippen molar-refractivity contribution in [3.63, 3.8) is 0 Å². The van der Waals surface area contributed by atoms with Gasteiger partial charge in [-0.25, -0.2) is 0 Å². The second-order valence-corrected chi connectivity index (χ2v) is 5.26. The van der Waals surface area contributed by atoms with E-state index in [2.05, 4.69) is 17.6 Å². The van der Waals surface area contributed by atoms with Crippen LogP contribution in [0.2, 0.25) is 0 Å². The van der Waals surface area contributed by atoms with Gasteiger partial charge in [0, 0.05) is 13.5 Å². The Morgan fingerprint density at radius 3 is 3.00 bits per heavy atom. The summed E-state index contributed by atoms with van der Waals surface area (Å²) >= 11 is 0. The molecule has 1 heterocycles. The van der Waals surface area contributed by atoms with Gasteiger partial charge in [-0.05, 0) is 38.3 Å². The number of hydrogen-bond acceptors (Lipinski definition) is 3. The summed E-state index contributed by atoms with van der Waals surface area (Å²) in [6.07, 6.45) is 6.18. The number of rotatable bonds is 9. The van der Waals surface area contributed by atoms with Gasteiger partial charge >= 0.3 is 0 Å².